The molecule has 0 atom stereocenters. The van der Waals surface area contributed by atoms with Gasteiger partial charge in [0.15, 0.2) is 5.82 Å². The van der Waals surface area contributed by atoms with Gasteiger partial charge in [-0.3, -0.25) is 5.10 Å². The summed E-state index contributed by atoms with van der Waals surface area (Å²) in [6.45, 7) is 4.81. The Morgan fingerprint density at radius 2 is 2.29 bits per heavy atom. The topological polar surface area (TPSA) is 50.8 Å². The third kappa shape index (κ3) is 2.12. The Labute approximate surface area is 84.1 Å². The van der Waals surface area contributed by atoms with E-state index in [2.05, 4.69) is 15.2 Å². The third-order valence-corrected chi connectivity index (χ3v) is 2.71. The average molecular weight is 195 g/mol. The van der Waals surface area contributed by atoms with E-state index in [0.717, 1.165) is 30.6 Å². The van der Waals surface area contributed by atoms with E-state index in [9.17, 15) is 0 Å². The fraction of sp³-hybridized carbons (Fsp3) is 0.800. The van der Waals surface area contributed by atoms with Crippen LogP contribution in [0.25, 0.3) is 0 Å². The Hall–Kier alpha value is -0.900. The lowest BCUT2D eigenvalue weighted by Crippen LogP contribution is -2.32. The van der Waals surface area contributed by atoms with Crippen molar-refractivity contribution in [1.82, 2.24) is 15.2 Å². The van der Waals surface area contributed by atoms with Crippen molar-refractivity contribution in [2.24, 2.45) is 5.92 Å². The van der Waals surface area contributed by atoms with Crippen molar-refractivity contribution < 1.29 is 4.74 Å². The van der Waals surface area contributed by atoms with Gasteiger partial charge in [-0.2, -0.15) is 5.10 Å². The van der Waals surface area contributed by atoms with Gasteiger partial charge in [-0.1, -0.05) is 0 Å². The van der Waals surface area contributed by atoms with Gasteiger partial charge in [0.2, 0.25) is 0 Å². The predicted octanol–water partition coefficient (Wildman–Crippen LogP) is 1.47. The first kappa shape index (κ1) is 9.65. The quantitative estimate of drug-likeness (QED) is 0.791. The van der Waals surface area contributed by atoms with E-state index in [1.165, 1.54) is 12.8 Å². The molecule has 4 nitrogen and oxygen atoms in total. The zero-order chi connectivity index (χ0) is 9.97. The number of aromatic nitrogens is 3. The molecular weight excluding hydrogens is 178 g/mol. The van der Waals surface area contributed by atoms with Crippen molar-refractivity contribution in [3.63, 3.8) is 0 Å². The van der Waals surface area contributed by atoms with Crippen LogP contribution in [0.15, 0.2) is 0 Å². The Morgan fingerprint density at radius 1 is 1.50 bits per heavy atom. The Kier molecular flexibility index (Phi) is 2.82. The van der Waals surface area contributed by atoms with Crippen LogP contribution in [-0.4, -0.2) is 27.9 Å². The van der Waals surface area contributed by atoms with Crippen LogP contribution >= 0.6 is 0 Å². The summed E-state index contributed by atoms with van der Waals surface area (Å²) in [6.07, 6.45) is 3.82. The maximum Gasteiger partial charge on any atom is 0.150 e. The molecule has 14 heavy (non-hydrogen) atoms. The summed E-state index contributed by atoms with van der Waals surface area (Å²) in [5, 5.41) is 7.00. The van der Waals surface area contributed by atoms with Crippen molar-refractivity contribution >= 4 is 0 Å². The van der Waals surface area contributed by atoms with Gasteiger partial charge in [0.25, 0.3) is 0 Å². The molecule has 1 saturated carbocycles. The molecule has 0 aliphatic heterocycles. The molecule has 4 heteroatoms. The van der Waals surface area contributed by atoms with Crippen LogP contribution in [0.3, 0.4) is 0 Å². The fourth-order valence-electron chi connectivity index (χ4n) is 1.95. The van der Waals surface area contributed by atoms with Crippen LogP contribution in [0.2, 0.25) is 0 Å². The molecule has 0 unspecified atom stereocenters. The van der Waals surface area contributed by atoms with Gasteiger partial charge in [0.05, 0.1) is 6.10 Å². The van der Waals surface area contributed by atoms with Crippen LogP contribution in [0.1, 0.15) is 31.4 Å². The van der Waals surface area contributed by atoms with Gasteiger partial charge in [0.1, 0.15) is 5.82 Å². The molecule has 1 N–H and O–H groups in total. The van der Waals surface area contributed by atoms with Gasteiger partial charge in [0, 0.05) is 13.0 Å². The number of hydrogen-bond acceptors (Lipinski definition) is 3. The Morgan fingerprint density at radius 3 is 2.86 bits per heavy atom. The summed E-state index contributed by atoms with van der Waals surface area (Å²) in [7, 11) is 0. The molecule has 1 aromatic heterocycles. The number of rotatable bonds is 4. The number of hydrogen-bond donors (Lipinski definition) is 1. The largest absolute Gasteiger partial charge is 0.378 e. The summed E-state index contributed by atoms with van der Waals surface area (Å²) in [6, 6.07) is 0. The molecule has 1 aliphatic rings. The van der Waals surface area contributed by atoms with Gasteiger partial charge < -0.3 is 4.74 Å². The monoisotopic (exact) mass is 195 g/mol. The first-order valence-corrected chi connectivity index (χ1v) is 5.27. The Balaban J connectivity index is 1.74. The highest BCUT2D eigenvalue weighted by Gasteiger charge is 2.30. The van der Waals surface area contributed by atoms with Crippen molar-refractivity contribution in [3.05, 3.63) is 11.6 Å². The van der Waals surface area contributed by atoms with E-state index in [4.69, 9.17) is 4.74 Å². The molecule has 1 heterocycles. The molecule has 1 aromatic rings. The molecule has 0 spiro atoms. The van der Waals surface area contributed by atoms with Crippen LogP contribution < -0.4 is 0 Å². The van der Waals surface area contributed by atoms with Crippen molar-refractivity contribution in [2.45, 2.75) is 39.2 Å². The van der Waals surface area contributed by atoms with Crippen molar-refractivity contribution in [1.29, 1.82) is 0 Å². The highest BCUT2D eigenvalue weighted by atomic mass is 16.5. The van der Waals surface area contributed by atoms with Crippen molar-refractivity contribution in [2.75, 3.05) is 6.61 Å². The zero-order valence-corrected chi connectivity index (χ0v) is 8.79. The lowest BCUT2D eigenvalue weighted by Gasteiger charge is -2.34. The summed E-state index contributed by atoms with van der Waals surface area (Å²) < 4.78 is 5.50. The highest BCUT2D eigenvalue weighted by Crippen LogP contribution is 2.32. The maximum atomic E-state index is 5.50. The SMILES string of the molecule is CCOC1CC(Cc2n[nH]c(C)n2)C1. The molecule has 78 valence electrons. The summed E-state index contributed by atoms with van der Waals surface area (Å²) in [5.41, 5.74) is 0. The molecule has 0 saturated heterocycles. The van der Waals surface area contributed by atoms with E-state index in [1.54, 1.807) is 0 Å². The van der Waals surface area contributed by atoms with Crippen LogP contribution in [0.5, 0.6) is 0 Å². The molecule has 0 radical (unpaired) electrons. The lowest BCUT2D eigenvalue weighted by atomic mass is 9.80. The van der Waals surface area contributed by atoms with Gasteiger partial charge in [-0.05, 0) is 32.6 Å². The number of ether oxygens (including phenoxy) is 1. The zero-order valence-electron chi connectivity index (χ0n) is 8.79. The average Bonchev–Trinajstić information content (AvgIpc) is 2.48. The number of aromatic amines is 1. The molecule has 0 amide bonds. The second-order valence-electron chi connectivity index (χ2n) is 3.96. The van der Waals surface area contributed by atoms with E-state index in [1.807, 2.05) is 13.8 Å². The minimum absolute atomic E-state index is 0.491. The first-order chi connectivity index (χ1) is 6.78. The molecule has 1 fully saturated rings. The van der Waals surface area contributed by atoms with Gasteiger partial charge in [-0.15, -0.1) is 0 Å². The van der Waals surface area contributed by atoms with Crippen molar-refractivity contribution in [3.8, 4) is 0 Å². The smallest absolute Gasteiger partial charge is 0.150 e. The van der Waals surface area contributed by atoms with E-state index in [-0.39, 0.29) is 0 Å². The van der Waals surface area contributed by atoms with Crippen LogP contribution in [0.4, 0.5) is 0 Å². The number of nitrogens with one attached hydrogen (secondary N) is 1. The minimum Gasteiger partial charge on any atom is -0.378 e. The number of aryl methyl sites for hydroxylation is 1. The molecule has 0 aromatic carbocycles. The lowest BCUT2D eigenvalue weighted by molar-refractivity contribution is -0.0245. The standard InChI is InChI=1S/C10H17N3O/c1-3-14-9-4-8(5-9)6-10-11-7(2)12-13-10/h8-9H,3-6H2,1-2H3,(H,11,12,13). The molecular formula is C10H17N3O. The highest BCUT2D eigenvalue weighted by molar-refractivity contribution is 4.93. The van der Waals surface area contributed by atoms with Crippen LogP contribution in [0, 0.1) is 12.8 Å². The van der Waals surface area contributed by atoms with E-state index >= 15 is 0 Å². The second kappa shape index (κ2) is 4.09. The van der Waals surface area contributed by atoms with E-state index in [0.29, 0.717) is 6.10 Å². The second-order valence-corrected chi connectivity index (χ2v) is 3.96. The van der Waals surface area contributed by atoms with Gasteiger partial charge >= 0.3 is 0 Å². The predicted molar refractivity (Wildman–Crippen MR) is 53.0 cm³/mol. The fourth-order valence-corrected chi connectivity index (χ4v) is 1.95. The number of H-pyrrole nitrogens is 1. The van der Waals surface area contributed by atoms with Gasteiger partial charge in [-0.25, -0.2) is 4.98 Å². The minimum atomic E-state index is 0.491. The van der Waals surface area contributed by atoms with Crippen LogP contribution in [-0.2, 0) is 11.2 Å². The summed E-state index contributed by atoms with van der Waals surface area (Å²) in [5.74, 6) is 2.57. The normalized spacial score (nSPS) is 26.1. The molecule has 1 aliphatic carbocycles. The Bertz CT molecular complexity index is 291. The summed E-state index contributed by atoms with van der Waals surface area (Å²) in [4.78, 5) is 4.30. The maximum absolute atomic E-state index is 5.50. The summed E-state index contributed by atoms with van der Waals surface area (Å²) >= 11 is 0. The first-order valence-electron chi connectivity index (χ1n) is 5.27. The van der Waals surface area contributed by atoms with E-state index < -0.39 is 0 Å². The molecule has 0 bridgehead atoms. The third-order valence-electron chi connectivity index (χ3n) is 2.71. The number of nitrogens with zero attached hydrogens (tertiary/aromatic N) is 2. The molecule has 2 rings (SSSR count).